The van der Waals surface area contributed by atoms with Crippen LogP contribution in [0.4, 0.5) is 29.0 Å². The van der Waals surface area contributed by atoms with Crippen LogP contribution in [0.15, 0.2) is 53.5 Å². The van der Waals surface area contributed by atoms with Crippen LogP contribution < -0.4 is 16.8 Å². The Kier molecular flexibility index (Phi) is 4.09. The van der Waals surface area contributed by atoms with E-state index in [0.29, 0.717) is 11.5 Å². The van der Waals surface area contributed by atoms with Crippen molar-refractivity contribution in [2.75, 3.05) is 16.8 Å². The molecule has 0 fully saturated rings. The van der Waals surface area contributed by atoms with Gasteiger partial charge in [0.1, 0.15) is 5.69 Å². The van der Waals surface area contributed by atoms with Crippen molar-refractivity contribution < 1.29 is 4.92 Å². The fourth-order valence-electron chi connectivity index (χ4n) is 4.29. The molecule has 0 saturated carbocycles. The number of hydrogen-bond donors (Lipinski definition) is 3. The summed E-state index contributed by atoms with van der Waals surface area (Å²) in [5, 5.41) is 14.5. The van der Waals surface area contributed by atoms with Crippen LogP contribution in [-0.4, -0.2) is 20.6 Å². The summed E-state index contributed by atoms with van der Waals surface area (Å²) in [5.74, 6) is 0.759. The van der Waals surface area contributed by atoms with Gasteiger partial charge in [0.2, 0.25) is 5.95 Å². The van der Waals surface area contributed by atoms with Crippen LogP contribution in [0.2, 0.25) is 0 Å². The van der Waals surface area contributed by atoms with E-state index >= 15 is 0 Å². The number of nitro benzene ring substituents is 1. The fourth-order valence-corrected chi connectivity index (χ4v) is 4.29. The van der Waals surface area contributed by atoms with Gasteiger partial charge in [0.05, 0.1) is 16.7 Å². The number of nitrogen functional groups attached to an aromatic ring is 2. The van der Waals surface area contributed by atoms with Crippen LogP contribution in [0.25, 0.3) is 0 Å². The van der Waals surface area contributed by atoms with Crippen molar-refractivity contribution in [3.8, 4) is 0 Å². The lowest BCUT2D eigenvalue weighted by molar-refractivity contribution is -0.384. The van der Waals surface area contributed by atoms with E-state index in [1.165, 1.54) is 17.7 Å². The van der Waals surface area contributed by atoms with Crippen molar-refractivity contribution in [3.63, 3.8) is 0 Å². The normalized spacial score (nSPS) is 19.4. The van der Waals surface area contributed by atoms with Gasteiger partial charge < -0.3 is 16.8 Å². The number of hydrogen-bond acceptors (Lipinski definition) is 8. The molecule has 1 aliphatic carbocycles. The van der Waals surface area contributed by atoms with Crippen molar-refractivity contribution in [2.45, 2.75) is 18.9 Å². The first kappa shape index (κ1) is 18.0. The molecule has 150 valence electrons. The standard InChI is InChI=1S/C21H19N7O2/c22-19-18-20(27-21(23)26-19)25-16(12-5-8-13(9-6-12)28(29)30)15-10-7-11-3-1-2-4-14(11)17(15)24-18/h1-6,8-9,15-16H,7,10H2,(H5,22,23,25,26,27). The van der Waals surface area contributed by atoms with E-state index < -0.39 is 4.92 Å². The van der Waals surface area contributed by atoms with Gasteiger partial charge in [-0.3, -0.25) is 10.1 Å². The topological polar surface area (TPSA) is 145 Å². The van der Waals surface area contributed by atoms with Crippen molar-refractivity contribution in [1.82, 2.24) is 9.97 Å². The van der Waals surface area contributed by atoms with Gasteiger partial charge in [-0.1, -0.05) is 36.4 Å². The number of nitrogens with zero attached hydrogens (tertiary/aromatic N) is 4. The Balaban J connectivity index is 1.69. The summed E-state index contributed by atoms with van der Waals surface area (Å²) in [6.07, 6.45) is 1.77. The maximum atomic E-state index is 11.1. The predicted molar refractivity (Wildman–Crippen MR) is 115 cm³/mol. The first-order chi connectivity index (χ1) is 14.5. The molecule has 5 rings (SSSR count). The second-order valence-corrected chi connectivity index (χ2v) is 7.43. The van der Waals surface area contributed by atoms with Gasteiger partial charge in [0, 0.05) is 18.1 Å². The highest BCUT2D eigenvalue weighted by Crippen LogP contribution is 2.44. The van der Waals surface area contributed by atoms with Crippen LogP contribution in [-0.2, 0) is 6.42 Å². The molecule has 2 unspecified atom stereocenters. The lowest BCUT2D eigenvalue weighted by Crippen LogP contribution is -2.31. The maximum Gasteiger partial charge on any atom is 0.269 e. The summed E-state index contributed by atoms with van der Waals surface area (Å²) in [7, 11) is 0. The third kappa shape index (κ3) is 2.91. The number of anilines is 3. The summed E-state index contributed by atoms with van der Waals surface area (Å²) in [5.41, 5.74) is 16.6. The molecule has 3 aromatic rings. The molecule has 9 heteroatoms. The molecule has 0 saturated heterocycles. The number of rotatable bonds is 2. The molecule has 1 aliphatic heterocycles. The fraction of sp³-hybridized carbons (Fsp3) is 0.190. The van der Waals surface area contributed by atoms with Gasteiger partial charge >= 0.3 is 0 Å². The van der Waals surface area contributed by atoms with E-state index in [9.17, 15) is 10.1 Å². The molecule has 30 heavy (non-hydrogen) atoms. The molecular weight excluding hydrogens is 382 g/mol. The minimum atomic E-state index is -0.405. The zero-order chi connectivity index (χ0) is 20.8. The third-order valence-corrected chi connectivity index (χ3v) is 5.69. The highest BCUT2D eigenvalue weighted by Gasteiger charge is 2.36. The quantitative estimate of drug-likeness (QED) is 0.440. The number of non-ortho nitro benzene ring substituents is 1. The van der Waals surface area contributed by atoms with E-state index in [0.717, 1.165) is 29.7 Å². The van der Waals surface area contributed by atoms with Crippen LogP contribution in [0.3, 0.4) is 0 Å². The van der Waals surface area contributed by atoms with Gasteiger partial charge in [-0.25, -0.2) is 4.99 Å². The Morgan fingerprint density at radius 3 is 2.60 bits per heavy atom. The summed E-state index contributed by atoms with van der Waals surface area (Å²) in [6, 6.07) is 14.6. The number of fused-ring (bicyclic) bond motifs is 4. The number of aromatic nitrogens is 2. The average Bonchev–Trinajstić information content (AvgIpc) is 2.91. The highest BCUT2D eigenvalue weighted by atomic mass is 16.6. The minimum Gasteiger partial charge on any atom is -0.382 e. The maximum absolute atomic E-state index is 11.1. The second-order valence-electron chi connectivity index (χ2n) is 7.43. The molecule has 0 amide bonds. The second kappa shape index (κ2) is 6.80. The first-order valence-corrected chi connectivity index (χ1v) is 9.62. The molecular formula is C21H19N7O2. The third-order valence-electron chi connectivity index (χ3n) is 5.69. The van der Waals surface area contributed by atoms with Gasteiger partial charge in [-0.15, -0.1) is 0 Å². The summed E-state index contributed by atoms with van der Waals surface area (Å²) in [4.78, 5) is 24.0. The zero-order valence-corrected chi connectivity index (χ0v) is 15.9. The van der Waals surface area contributed by atoms with Crippen molar-refractivity contribution >= 4 is 34.7 Å². The van der Waals surface area contributed by atoms with Crippen LogP contribution in [0, 0.1) is 16.0 Å². The SMILES string of the molecule is Nc1nc(N)c2c(n1)NC(c1ccc([N+](=O)[O-])cc1)C1CCc3ccccc3C1=N2. The van der Waals surface area contributed by atoms with E-state index in [-0.39, 0.29) is 29.4 Å². The molecule has 0 radical (unpaired) electrons. The molecule has 5 N–H and O–H groups in total. The number of aryl methyl sites for hydroxylation is 1. The first-order valence-electron chi connectivity index (χ1n) is 9.62. The minimum absolute atomic E-state index is 0.0242. The Labute approximate surface area is 172 Å². The van der Waals surface area contributed by atoms with Crippen molar-refractivity contribution in [1.29, 1.82) is 0 Å². The number of benzene rings is 2. The molecule has 1 aromatic heterocycles. The Bertz CT molecular complexity index is 1190. The smallest absolute Gasteiger partial charge is 0.269 e. The van der Waals surface area contributed by atoms with Crippen LogP contribution >= 0.6 is 0 Å². The van der Waals surface area contributed by atoms with Gasteiger partial charge in [0.15, 0.2) is 11.6 Å². The highest BCUT2D eigenvalue weighted by molar-refractivity contribution is 6.08. The van der Waals surface area contributed by atoms with Crippen LogP contribution in [0.5, 0.6) is 0 Å². The van der Waals surface area contributed by atoms with Crippen molar-refractivity contribution in [3.05, 3.63) is 75.3 Å². The number of nitrogens with two attached hydrogens (primary N) is 2. The lowest BCUT2D eigenvalue weighted by atomic mass is 9.76. The molecule has 2 heterocycles. The van der Waals surface area contributed by atoms with E-state index in [2.05, 4.69) is 27.4 Å². The van der Waals surface area contributed by atoms with Crippen molar-refractivity contribution in [2.24, 2.45) is 10.9 Å². The molecule has 2 aromatic carbocycles. The number of aliphatic imine (C=N–C) groups is 1. The molecule has 0 spiro atoms. The summed E-state index contributed by atoms with van der Waals surface area (Å²) < 4.78 is 0. The average molecular weight is 401 g/mol. The Morgan fingerprint density at radius 1 is 1.07 bits per heavy atom. The van der Waals surface area contributed by atoms with Crippen LogP contribution in [0.1, 0.15) is 29.2 Å². The van der Waals surface area contributed by atoms with Gasteiger partial charge in [-0.2, -0.15) is 9.97 Å². The molecule has 2 aliphatic rings. The van der Waals surface area contributed by atoms with Gasteiger partial charge in [0.25, 0.3) is 5.69 Å². The Morgan fingerprint density at radius 2 is 1.83 bits per heavy atom. The largest absolute Gasteiger partial charge is 0.382 e. The van der Waals surface area contributed by atoms with E-state index in [1.807, 2.05) is 12.1 Å². The molecule has 0 bridgehead atoms. The number of nitrogens with one attached hydrogen (secondary N) is 1. The van der Waals surface area contributed by atoms with E-state index in [1.54, 1.807) is 12.1 Å². The predicted octanol–water partition coefficient (Wildman–Crippen LogP) is 3.40. The molecule has 9 nitrogen and oxygen atoms in total. The number of nitro groups is 1. The Hall–Kier alpha value is -4.01. The van der Waals surface area contributed by atoms with Gasteiger partial charge in [-0.05, 0) is 29.5 Å². The zero-order valence-electron chi connectivity index (χ0n) is 15.9. The molecule has 2 atom stereocenters. The lowest BCUT2D eigenvalue weighted by Gasteiger charge is -2.32. The van der Waals surface area contributed by atoms with E-state index in [4.69, 9.17) is 16.5 Å². The summed E-state index contributed by atoms with van der Waals surface area (Å²) in [6.45, 7) is 0. The summed E-state index contributed by atoms with van der Waals surface area (Å²) >= 11 is 0. The monoisotopic (exact) mass is 401 g/mol.